The van der Waals surface area contributed by atoms with Crippen LogP contribution in [0.4, 0.5) is 18.9 Å². The second kappa shape index (κ2) is 8.05. The largest absolute Gasteiger partial charge is 0.416 e. The monoisotopic (exact) mass is 440 g/mol. The first kappa shape index (κ1) is 21.5. The number of alkyl halides is 3. The van der Waals surface area contributed by atoms with Crippen LogP contribution in [0.15, 0.2) is 47.4 Å². The van der Waals surface area contributed by atoms with Gasteiger partial charge in [-0.05, 0) is 49.4 Å². The standard InChI is InChI=1S/C16H13Cl2F3N2O3S/c1-9(23-27(25,26)12-5-3-11(17)4-6-12)15(24)22-14-8-10(16(19,20)21)2-7-13(14)18/h2-9,23H,1H3,(H,22,24)/t9-/m0/s1. The second-order valence-electron chi connectivity index (χ2n) is 5.48. The zero-order valence-corrected chi connectivity index (χ0v) is 16.0. The summed E-state index contributed by atoms with van der Waals surface area (Å²) in [5, 5.41) is 2.40. The second-order valence-corrected chi connectivity index (χ2v) is 8.04. The number of hydrogen-bond donors (Lipinski definition) is 2. The molecule has 2 aromatic rings. The smallest absolute Gasteiger partial charge is 0.323 e. The Morgan fingerprint density at radius 3 is 2.22 bits per heavy atom. The fraction of sp³-hybridized carbons (Fsp3) is 0.188. The van der Waals surface area contributed by atoms with E-state index in [9.17, 15) is 26.4 Å². The predicted octanol–water partition coefficient (Wildman–Crippen LogP) is 4.32. The highest BCUT2D eigenvalue weighted by molar-refractivity contribution is 7.89. The van der Waals surface area contributed by atoms with Gasteiger partial charge in [0.25, 0.3) is 0 Å². The van der Waals surface area contributed by atoms with Crippen LogP contribution in [0.3, 0.4) is 0 Å². The van der Waals surface area contributed by atoms with Crippen LogP contribution in [0, 0.1) is 0 Å². The van der Waals surface area contributed by atoms with Crippen molar-refractivity contribution in [2.75, 3.05) is 5.32 Å². The summed E-state index contributed by atoms with van der Waals surface area (Å²) < 4.78 is 65.0. The molecule has 146 valence electrons. The number of sulfonamides is 1. The molecule has 11 heteroatoms. The van der Waals surface area contributed by atoms with Gasteiger partial charge in [-0.25, -0.2) is 8.42 Å². The Hall–Kier alpha value is -1.81. The summed E-state index contributed by atoms with van der Waals surface area (Å²) in [4.78, 5) is 12.1. The van der Waals surface area contributed by atoms with E-state index < -0.39 is 33.7 Å². The first-order chi connectivity index (χ1) is 12.4. The molecule has 1 atom stereocenters. The number of benzene rings is 2. The van der Waals surface area contributed by atoms with Crippen molar-refractivity contribution in [1.82, 2.24) is 4.72 Å². The molecule has 0 bridgehead atoms. The molecule has 0 unspecified atom stereocenters. The predicted molar refractivity (Wildman–Crippen MR) is 96.3 cm³/mol. The molecule has 0 saturated carbocycles. The fourth-order valence-corrected chi connectivity index (χ4v) is 3.50. The van der Waals surface area contributed by atoms with Crippen LogP contribution < -0.4 is 10.0 Å². The van der Waals surface area contributed by atoms with Crippen LogP contribution in [0.2, 0.25) is 10.0 Å². The van der Waals surface area contributed by atoms with Crippen molar-refractivity contribution >= 4 is 44.8 Å². The third-order valence-electron chi connectivity index (χ3n) is 3.40. The summed E-state index contributed by atoms with van der Waals surface area (Å²) in [7, 11) is -4.04. The summed E-state index contributed by atoms with van der Waals surface area (Å²) in [6, 6.07) is 6.37. The van der Waals surface area contributed by atoms with E-state index in [-0.39, 0.29) is 15.6 Å². The molecular formula is C16H13Cl2F3N2O3S. The molecule has 0 aliphatic rings. The average Bonchev–Trinajstić information content (AvgIpc) is 2.55. The van der Waals surface area contributed by atoms with Gasteiger partial charge in [-0.2, -0.15) is 17.9 Å². The molecule has 0 aromatic heterocycles. The maximum atomic E-state index is 12.8. The molecule has 0 spiro atoms. The van der Waals surface area contributed by atoms with Crippen LogP contribution in [-0.2, 0) is 21.0 Å². The molecule has 27 heavy (non-hydrogen) atoms. The number of rotatable bonds is 5. The highest BCUT2D eigenvalue weighted by Crippen LogP contribution is 2.33. The van der Waals surface area contributed by atoms with E-state index in [1.807, 2.05) is 0 Å². The van der Waals surface area contributed by atoms with Crippen LogP contribution in [-0.4, -0.2) is 20.4 Å². The van der Waals surface area contributed by atoms with E-state index in [1.165, 1.54) is 31.2 Å². The van der Waals surface area contributed by atoms with E-state index in [0.29, 0.717) is 11.1 Å². The minimum absolute atomic E-state index is 0.121. The number of carbonyl (C=O) groups excluding carboxylic acids is 1. The van der Waals surface area contributed by atoms with E-state index in [2.05, 4.69) is 10.0 Å². The summed E-state index contributed by atoms with van der Waals surface area (Å²) in [5.41, 5.74) is -1.29. The molecular weight excluding hydrogens is 428 g/mol. The third-order valence-corrected chi connectivity index (χ3v) is 5.54. The highest BCUT2D eigenvalue weighted by Gasteiger charge is 2.31. The molecule has 0 fully saturated rings. The summed E-state index contributed by atoms with van der Waals surface area (Å²) >= 11 is 11.5. The first-order valence-electron chi connectivity index (χ1n) is 7.35. The van der Waals surface area contributed by atoms with Gasteiger partial charge < -0.3 is 5.32 Å². The van der Waals surface area contributed by atoms with Crippen molar-refractivity contribution in [2.24, 2.45) is 0 Å². The number of halogens is 5. The lowest BCUT2D eigenvalue weighted by atomic mass is 10.2. The van der Waals surface area contributed by atoms with E-state index >= 15 is 0 Å². The zero-order valence-electron chi connectivity index (χ0n) is 13.6. The topological polar surface area (TPSA) is 75.3 Å². The van der Waals surface area contributed by atoms with Gasteiger partial charge in [0.2, 0.25) is 15.9 Å². The average molecular weight is 441 g/mol. The zero-order chi connectivity index (χ0) is 20.4. The van der Waals surface area contributed by atoms with Gasteiger partial charge >= 0.3 is 6.18 Å². The van der Waals surface area contributed by atoms with Gasteiger partial charge in [-0.1, -0.05) is 23.2 Å². The molecule has 2 N–H and O–H groups in total. The molecule has 0 aliphatic heterocycles. The Morgan fingerprint density at radius 1 is 1.07 bits per heavy atom. The fourth-order valence-electron chi connectivity index (χ4n) is 2.01. The Balaban J connectivity index is 2.15. The van der Waals surface area contributed by atoms with Crippen LogP contribution in [0.25, 0.3) is 0 Å². The molecule has 2 rings (SSSR count). The number of anilines is 1. The third kappa shape index (κ3) is 5.58. The minimum atomic E-state index is -4.62. The van der Waals surface area contributed by atoms with Gasteiger partial charge in [0.15, 0.2) is 0 Å². The lowest BCUT2D eigenvalue weighted by Crippen LogP contribution is -2.41. The molecule has 0 aliphatic carbocycles. The van der Waals surface area contributed by atoms with Crippen molar-refractivity contribution in [3.63, 3.8) is 0 Å². The Labute approximate surface area is 163 Å². The summed E-state index contributed by atoms with van der Waals surface area (Å²) in [6.07, 6.45) is -4.62. The highest BCUT2D eigenvalue weighted by atomic mass is 35.5. The lowest BCUT2D eigenvalue weighted by molar-refractivity contribution is -0.137. The van der Waals surface area contributed by atoms with Gasteiger partial charge in [0.1, 0.15) is 0 Å². The van der Waals surface area contributed by atoms with E-state index in [1.54, 1.807) is 0 Å². The van der Waals surface area contributed by atoms with Gasteiger partial charge in [0.05, 0.1) is 27.2 Å². The molecule has 0 radical (unpaired) electrons. The van der Waals surface area contributed by atoms with E-state index in [4.69, 9.17) is 23.2 Å². The van der Waals surface area contributed by atoms with Gasteiger partial charge in [0, 0.05) is 5.02 Å². The number of carbonyl (C=O) groups is 1. The number of hydrogen-bond acceptors (Lipinski definition) is 3. The Morgan fingerprint density at radius 2 is 1.67 bits per heavy atom. The maximum Gasteiger partial charge on any atom is 0.416 e. The molecule has 0 heterocycles. The van der Waals surface area contributed by atoms with Crippen LogP contribution in [0.1, 0.15) is 12.5 Å². The van der Waals surface area contributed by atoms with Gasteiger partial charge in [-0.3, -0.25) is 4.79 Å². The molecule has 2 aromatic carbocycles. The summed E-state index contributed by atoms with van der Waals surface area (Å²) in [6.45, 7) is 1.24. The van der Waals surface area contributed by atoms with Crippen LogP contribution >= 0.6 is 23.2 Å². The first-order valence-corrected chi connectivity index (χ1v) is 9.59. The van der Waals surface area contributed by atoms with E-state index in [0.717, 1.165) is 12.1 Å². The van der Waals surface area contributed by atoms with Crippen LogP contribution in [0.5, 0.6) is 0 Å². The quantitative estimate of drug-likeness (QED) is 0.726. The lowest BCUT2D eigenvalue weighted by Gasteiger charge is -2.16. The maximum absolute atomic E-state index is 12.8. The SMILES string of the molecule is C[C@H](NS(=O)(=O)c1ccc(Cl)cc1)C(=O)Nc1cc(C(F)(F)F)ccc1Cl. The number of nitrogens with one attached hydrogen (secondary N) is 2. The van der Waals surface area contributed by atoms with Gasteiger partial charge in [-0.15, -0.1) is 0 Å². The Bertz CT molecular complexity index is 948. The number of amides is 1. The molecule has 0 saturated heterocycles. The van der Waals surface area contributed by atoms with Crippen molar-refractivity contribution in [1.29, 1.82) is 0 Å². The Kier molecular flexibility index (Phi) is 6.41. The van der Waals surface area contributed by atoms with Crippen molar-refractivity contribution in [3.8, 4) is 0 Å². The summed E-state index contributed by atoms with van der Waals surface area (Å²) in [5.74, 6) is -0.881. The normalized spacial score (nSPS) is 13.3. The van der Waals surface area contributed by atoms with Crippen molar-refractivity contribution in [2.45, 2.75) is 24.0 Å². The molecule has 1 amide bonds. The van der Waals surface area contributed by atoms with Crippen molar-refractivity contribution in [3.05, 3.63) is 58.1 Å². The minimum Gasteiger partial charge on any atom is -0.323 e. The molecule has 5 nitrogen and oxygen atoms in total. The van der Waals surface area contributed by atoms with Crippen molar-refractivity contribution < 1.29 is 26.4 Å².